The fourth-order valence-electron chi connectivity index (χ4n) is 4.02. The predicted molar refractivity (Wildman–Crippen MR) is 101 cm³/mol. The summed E-state index contributed by atoms with van der Waals surface area (Å²) in [5, 5.41) is 3.09. The highest BCUT2D eigenvalue weighted by molar-refractivity contribution is 5.90. The van der Waals surface area contributed by atoms with Crippen molar-refractivity contribution in [3.05, 3.63) is 29.8 Å². The second kappa shape index (κ2) is 9.20. The third-order valence-corrected chi connectivity index (χ3v) is 5.40. The summed E-state index contributed by atoms with van der Waals surface area (Å²) < 4.78 is 5.23. The van der Waals surface area contributed by atoms with E-state index in [-0.39, 0.29) is 6.03 Å². The van der Waals surface area contributed by atoms with Crippen molar-refractivity contribution in [1.82, 2.24) is 9.80 Å². The highest BCUT2D eigenvalue weighted by atomic mass is 16.5. The standard InChI is InChI=1S/C20H31N3O2/c1-25-16-17-9-4-5-11-19(17)21-20(24)23-14-8-10-18(15-23)22-12-6-2-3-7-13-22/h4-5,9,11,18H,2-3,6-8,10,12-16H2,1H3,(H,21,24)/t18-/m1/s1. The summed E-state index contributed by atoms with van der Waals surface area (Å²) in [5.74, 6) is 0. The van der Waals surface area contributed by atoms with Crippen LogP contribution < -0.4 is 5.32 Å². The Bertz CT molecular complexity index is 556. The summed E-state index contributed by atoms with van der Waals surface area (Å²) in [6.45, 7) is 4.58. The first-order valence-corrected chi connectivity index (χ1v) is 9.65. The van der Waals surface area contributed by atoms with Crippen LogP contribution in [-0.4, -0.2) is 55.2 Å². The number of nitrogens with zero attached hydrogens (tertiary/aromatic N) is 2. The van der Waals surface area contributed by atoms with Crippen molar-refractivity contribution in [2.24, 2.45) is 0 Å². The summed E-state index contributed by atoms with van der Waals surface area (Å²) in [7, 11) is 1.68. The Morgan fingerprint density at radius 3 is 2.64 bits per heavy atom. The van der Waals surface area contributed by atoms with E-state index >= 15 is 0 Å². The van der Waals surface area contributed by atoms with Gasteiger partial charge in [-0.1, -0.05) is 31.0 Å². The summed E-state index contributed by atoms with van der Waals surface area (Å²) in [5.41, 5.74) is 1.87. The van der Waals surface area contributed by atoms with Crippen molar-refractivity contribution in [1.29, 1.82) is 0 Å². The van der Waals surface area contributed by atoms with E-state index < -0.39 is 0 Å². The van der Waals surface area contributed by atoms with Gasteiger partial charge in [0.05, 0.1) is 6.61 Å². The lowest BCUT2D eigenvalue weighted by Gasteiger charge is -2.39. The van der Waals surface area contributed by atoms with E-state index in [1.165, 1.54) is 45.2 Å². The van der Waals surface area contributed by atoms with E-state index in [1.807, 2.05) is 29.2 Å². The van der Waals surface area contributed by atoms with Crippen molar-refractivity contribution >= 4 is 11.7 Å². The Labute approximate surface area is 151 Å². The molecule has 1 aromatic rings. The van der Waals surface area contributed by atoms with E-state index in [9.17, 15) is 4.79 Å². The Hall–Kier alpha value is -1.59. The number of ether oxygens (including phenoxy) is 1. The van der Waals surface area contributed by atoms with Crippen LogP contribution in [0.15, 0.2) is 24.3 Å². The SMILES string of the molecule is COCc1ccccc1NC(=O)N1CCC[C@@H](N2CCCCCC2)C1. The van der Waals surface area contributed by atoms with Gasteiger partial charge in [0.1, 0.15) is 0 Å². The van der Waals surface area contributed by atoms with Gasteiger partial charge < -0.3 is 15.0 Å². The van der Waals surface area contributed by atoms with Crippen LogP contribution in [0, 0.1) is 0 Å². The maximum atomic E-state index is 12.8. The molecule has 0 spiro atoms. The Morgan fingerprint density at radius 2 is 1.88 bits per heavy atom. The molecule has 0 aromatic heterocycles. The van der Waals surface area contributed by atoms with Crippen molar-refractivity contribution in [3.63, 3.8) is 0 Å². The fraction of sp³-hybridized carbons (Fsp3) is 0.650. The van der Waals surface area contributed by atoms with Gasteiger partial charge in [-0.25, -0.2) is 4.79 Å². The van der Waals surface area contributed by atoms with Crippen LogP contribution in [0.3, 0.4) is 0 Å². The molecule has 1 aromatic carbocycles. The average molecular weight is 345 g/mol. The lowest BCUT2D eigenvalue weighted by molar-refractivity contribution is 0.116. The van der Waals surface area contributed by atoms with E-state index in [0.29, 0.717) is 12.6 Å². The number of piperidine rings is 1. The first-order valence-electron chi connectivity index (χ1n) is 9.65. The number of hydrogen-bond acceptors (Lipinski definition) is 3. The molecule has 25 heavy (non-hydrogen) atoms. The summed E-state index contributed by atoms with van der Waals surface area (Å²) in [6.07, 6.45) is 7.60. The number of hydrogen-bond donors (Lipinski definition) is 1. The van der Waals surface area contributed by atoms with Gasteiger partial charge in [0.25, 0.3) is 0 Å². The number of methoxy groups -OCH3 is 1. The average Bonchev–Trinajstić information content (AvgIpc) is 2.93. The molecule has 2 heterocycles. The van der Waals surface area contributed by atoms with Gasteiger partial charge in [-0.05, 0) is 44.8 Å². The molecule has 2 fully saturated rings. The zero-order valence-electron chi connectivity index (χ0n) is 15.4. The molecule has 1 N–H and O–H groups in total. The van der Waals surface area contributed by atoms with Gasteiger partial charge in [0.2, 0.25) is 0 Å². The van der Waals surface area contributed by atoms with Gasteiger partial charge in [-0.15, -0.1) is 0 Å². The molecule has 1 atom stereocenters. The monoisotopic (exact) mass is 345 g/mol. The number of likely N-dealkylation sites (tertiary alicyclic amines) is 2. The Morgan fingerprint density at radius 1 is 1.12 bits per heavy atom. The van der Waals surface area contributed by atoms with Crippen molar-refractivity contribution in [2.75, 3.05) is 38.6 Å². The minimum absolute atomic E-state index is 0.0167. The molecule has 2 amide bonds. The molecule has 0 bridgehead atoms. The number of amides is 2. The normalized spacial score (nSPS) is 22.4. The largest absolute Gasteiger partial charge is 0.380 e. The highest BCUT2D eigenvalue weighted by Crippen LogP contribution is 2.22. The number of carbonyl (C=O) groups excluding carboxylic acids is 1. The predicted octanol–water partition coefficient (Wildman–Crippen LogP) is 3.71. The van der Waals surface area contributed by atoms with Crippen LogP contribution >= 0.6 is 0 Å². The van der Waals surface area contributed by atoms with E-state index in [1.54, 1.807) is 7.11 Å². The third-order valence-electron chi connectivity index (χ3n) is 5.40. The quantitative estimate of drug-likeness (QED) is 0.905. The molecule has 2 saturated heterocycles. The van der Waals surface area contributed by atoms with Gasteiger partial charge in [0, 0.05) is 37.5 Å². The first-order chi connectivity index (χ1) is 12.3. The van der Waals surface area contributed by atoms with E-state index in [0.717, 1.165) is 30.8 Å². The number of anilines is 1. The molecule has 2 aliphatic heterocycles. The topological polar surface area (TPSA) is 44.8 Å². The molecular formula is C20H31N3O2. The molecule has 5 heteroatoms. The molecule has 0 saturated carbocycles. The summed E-state index contributed by atoms with van der Waals surface area (Å²) in [4.78, 5) is 17.4. The van der Waals surface area contributed by atoms with Gasteiger partial charge in [0.15, 0.2) is 0 Å². The molecule has 5 nitrogen and oxygen atoms in total. The van der Waals surface area contributed by atoms with Crippen LogP contribution in [0.1, 0.15) is 44.1 Å². The van der Waals surface area contributed by atoms with Crippen LogP contribution in [-0.2, 0) is 11.3 Å². The van der Waals surface area contributed by atoms with Gasteiger partial charge in [-0.3, -0.25) is 4.90 Å². The lowest BCUT2D eigenvalue weighted by Crippen LogP contribution is -2.51. The number of rotatable bonds is 4. The zero-order chi connectivity index (χ0) is 17.5. The first kappa shape index (κ1) is 18.2. The number of carbonyl (C=O) groups is 1. The molecule has 0 radical (unpaired) electrons. The second-order valence-electron chi connectivity index (χ2n) is 7.21. The molecule has 0 unspecified atom stereocenters. The maximum absolute atomic E-state index is 12.8. The Balaban J connectivity index is 1.60. The zero-order valence-corrected chi connectivity index (χ0v) is 15.4. The van der Waals surface area contributed by atoms with E-state index in [4.69, 9.17) is 4.74 Å². The minimum atomic E-state index is 0.0167. The lowest BCUT2D eigenvalue weighted by atomic mass is 10.0. The summed E-state index contributed by atoms with van der Waals surface area (Å²) >= 11 is 0. The number of urea groups is 1. The molecule has 138 valence electrons. The smallest absolute Gasteiger partial charge is 0.321 e. The van der Waals surface area contributed by atoms with Gasteiger partial charge >= 0.3 is 6.03 Å². The summed E-state index contributed by atoms with van der Waals surface area (Å²) in [6, 6.07) is 8.40. The molecule has 0 aliphatic carbocycles. The van der Waals surface area contributed by atoms with E-state index in [2.05, 4.69) is 10.2 Å². The van der Waals surface area contributed by atoms with Crippen molar-refractivity contribution < 1.29 is 9.53 Å². The number of nitrogens with one attached hydrogen (secondary N) is 1. The van der Waals surface area contributed by atoms with Crippen LogP contribution in [0.5, 0.6) is 0 Å². The van der Waals surface area contributed by atoms with Crippen molar-refractivity contribution in [3.8, 4) is 0 Å². The van der Waals surface area contributed by atoms with Crippen LogP contribution in [0.4, 0.5) is 10.5 Å². The van der Waals surface area contributed by atoms with Crippen LogP contribution in [0.2, 0.25) is 0 Å². The van der Waals surface area contributed by atoms with Gasteiger partial charge in [-0.2, -0.15) is 0 Å². The third kappa shape index (κ3) is 4.95. The number of para-hydroxylation sites is 1. The molecule has 2 aliphatic rings. The van der Waals surface area contributed by atoms with Crippen LogP contribution in [0.25, 0.3) is 0 Å². The maximum Gasteiger partial charge on any atom is 0.321 e. The second-order valence-corrected chi connectivity index (χ2v) is 7.21. The number of benzene rings is 1. The minimum Gasteiger partial charge on any atom is -0.380 e. The molecule has 3 rings (SSSR count). The van der Waals surface area contributed by atoms with Crippen molar-refractivity contribution in [2.45, 2.75) is 51.2 Å². The Kier molecular flexibility index (Phi) is 6.70. The highest BCUT2D eigenvalue weighted by Gasteiger charge is 2.28. The molecular weight excluding hydrogens is 314 g/mol. The fourth-order valence-corrected chi connectivity index (χ4v) is 4.02.